The van der Waals surface area contributed by atoms with E-state index in [1.165, 1.54) is 17.7 Å². The molecule has 0 spiro atoms. The van der Waals surface area contributed by atoms with Crippen LogP contribution in [0.15, 0.2) is 97.1 Å². The molecule has 8 heteroatoms. The molecule has 0 aliphatic heterocycles. The van der Waals surface area contributed by atoms with E-state index >= 15 is 4.39 Å². The molecule has 0 saturated carbocycles. The second-order valence-electron chi connectivity index (χ2n) is 8.81. The van der Waals surface area contributed by atoms with Crippen LogP contribution in [0.4, 0.5) is 10.1 Å². The third kappa shape index (κ3) is 5.30. The number of amides is 1. The molecule has 0 unspecified atom stereocenters. The average molecular weight is 540 g/mol. The zero-order valence-corrected chi connectivity index (χ0v) is 21.9. The van der Waals surface area contributed by atoms with Crippen molar-refractivity contribution in [3.8, 4) is 34.0 Å². The Hall–Kier alpha value is -4.75. The normalized spacial score (nSPS) is 10.8. The van der Waals surface area contributed by atoms with Gasteiger partial charge in [0.2, 0.25) is 5.88 Å². The molecule has 4 aromatic carbocycles. The van der Waals surface area contributed by atoms with Gasteiger partial charge in [-0.25, -0.2) is 4.39 Å². The number of benzene rings is 4. The van der Waals surface area contributed by atoms with E-state index < -0.39 is 11.8 Å². The Morgan fingerprint density at radius 3 is 2.26 bits per heavy atom. The van der Waals surface area contributed by atoms with Gasteiger partial charge in [0, 0.05) is 18.2 Å². The van der Waals surface area contributed by atoms with E-state index in [1.807, 2.05) is 31.2 Å². The number of aromatic nitrogens is 2. The summed E-state index contributed by atoms with van der Waals surface area (Å²) in [6.07, 6.45) is 0. The number of carbonyl (C=O) groups is 2. The van der Waals surface area contributed by atoms with Crippen molar-refractivity contribution in [2.45, 2.75) is 13.8 Å². The van der Waals surface area contributed by atoms with Gasteiger partial charge >= 0.3 is 5.97 Å². The average Bonchev–Trinajstić information content (AvgIpc) is 3.27. The highest BCUT2D eigenvalue weighted by Gasteiger charge is 2.26. The Morgan fingerprint density at radius 1 is 0.897 bits per heavy atom. The van der Waals surface area contributed by atoms with E-state index in [4.69, 9.17) is 21.4 Å². The maximum Gasteiger partial charge on any atom is 0.309 e. The van der Waals surface area contributed by atoms with E-state index in [2.05, 4.69) is 5.32 Å². The van der Waals surface area contributed by atoms with E-state index in [0.717, 1.165) is 5.56 Å². The summed E-state index contributed by atoms with van der Waals surface area (Å²) in [5.41, 5.74) is 4.05. The maximum absolute atomic E-state index is 15.0. The molecule has 5 rings (SSSR count). The molecule has 1 amide bonds. The summed E-state index contributed by atoms with van der Waals surface area (Å²) in [4.78, 5) is 24.9. The van der Waals surface area contributed by atoms with Crippen LogP contribution in [0, 0.1) is 12.7 Å². The molecule has 1 heterocycles. The minimum atomic E-state index is -0.547. The molecule has 1 N–H and O–H groups in total. The summed E-state index contributed by atoms with van der Waals surface area (Å²) in [6, 6.07) is 27.5. The van der Waals surface area contributed by atoms with Gasteiger partial charge in [-0.3, -0.25) is 9.59 Å². The first-order valence-corrected chi connectivity index (χ1v) is 12.5. The fraction of sp³-hybridized carbons (Fsp3) is 0.0645. The summed E-state index contributed by atoms with van der Waals surface area (Å²) in [7, 11) is 0. The van der Waals surface area contributed by atoms with Crippen LogP contribution in [0.3, 0.4) is 0 Å². The van der Waals surface area contributed by atoms with Crippen molar-refractivity contribution >= 4 is 29.2 Å². The maximum atomic E-state index is 15.0. The second kappa shape index (κ2) is 10.9. The van der Waals surface area contributed by atoms with Crippen LogP contribution in [0.25, 0.3) is 28.1 Å². The van der Waals surface area contributed by atoms with Crippen molar-refractivity contribution in [2.75, 3.05) is 5.32 Å². The first kappa shape index (κ1) is 25.9. The second-order valence-corrected chi connectivity index (χ2v) is 9.22. The Balaban J connectivity index is 1.64. The molecule has 0 aliphatic carbocycles. The van der Waals surface area contributed by atoms with Crippen molar-refractivity contribution in [3.63, 3.8) is 0 Å². The number of anilines is 1. The standard InChI is InChI=1S/C31H23ClFN3O3/c1-19-9-3-8-14-27(19)36-31(39-20(2)37)28(29(35-36)24-11-5-7-13-26(24)33)21-15-17-22(18-16-21)34-30(38)23-10-4-6-12-25(23)32/h3-18H,1-2H3,(H,34,38). The number of rotatable bonds is 6. The van der Waals surface area contributed by atoms with Crippen LogP contribution in [0.2, 0.25) is 5.02 Å². The van der Waals surface area contributed by atoms with Crippen molar-refractivity contribution in [3.05, 3.63) is 119 Å². The van der Waals surface area contributed by atoms with Crippen LogP contribution in [-0.4, -0.2) is 21.7 Å². The van der Waals surface area contributed by atoms with Crippen LogP contribution in [-0.2, 0) is 4.79 Å². The van der Waals surface area contributed by atoms with E-state index in [1.54, 1.807) is 66.7 Å². The van der Waals surface area contributed by atoms with Crippen molar-refractivity contribution in [1.29, 1.82) is 0 Å². The number of esters is 1. The van der Waals surface area contributed by atoms with Crippen LogP contribution < -0.4 is 10.1 Å². The summed E-state index contributed by atoms with van der Waals surface area (Å²) < 4.78 is 22.3. The molecular formula is C31H23ClFN3O3. The zero-order valence-electron chi connectivity index (χ0n) is 21.1. The molecule has 6 nitrogen and oxygen atoms in total. The number of aryl methyl sites for hydroxylation is 1. The van der Waals surface area contributed by atoms with Crippen LogP contribution in [0.1, 0.15) is 22.8 Å². The molecule has 1 aromatic heterocycles. The highest BCUT2D eigenvalue weighted by molar-refractivity contribution is 6.34. The van der Waals surface area contributed by atoms with Gasteiger partial charge < -0.3 is 10.1 Å². The molecule has 194 valence electrons. The van der Waals surface area contributed by atoms with Gasteiger partial charge in [-0.1, -0.05) is 66.2 Å². The largest absolute Gasteiger partial charge is 0.407 e. The third-order valence-corrected chi connectivity index (χ3v) is 6.44. The van der Waals surface area contributed by atoms with Gasteiger partial charge in [0.25, 0.3) is 5.91 Å². The predicted molar refractivity (Wildman–Crippen MR) is 150 cm³/mol. The lowest BCUT2D eigenvalue weighted by atomic mass is 10.0. The Labute approximate surface area is 229 Å². The lowest BCUT2D eigenvalue weighted by Gasteiger charge is -2.12. The molecular weight excluding hydrogens is 517 g/mol. The van der Waals surface area contributed by atoms with Crippen LogP contribution >= 0.6 is 11.6 Å². The SMILES string of the molecule is CC(=O)Oc1c(-c2ccc(NC(=O)c3ccccc3Cl)cc2)c(-c2ccccc2F)nn1-c1ccccc1C. The van der Waals surface area contributed by atoms with Gasteiger partial charge in [-0.05, 0) is 60.5 Å². The smallest absolute Gasteiger partial charge is 0.309 e. The van der Waals surface area contributed by atoms with Crippen LogP contribution in [0.5, 0.6) is 5.88 Å². The highest BCUT2D eigenvalue weighted by Crippen LogP contribution is 2.42. The molecule has 0 saturated heterocycles. The first-order valence-electron chi connectivity index (χ1n) is 12.1. The third-order valence-electron chi connectivity index (χ3n) is 6.11. The molecule has 0 radical (unpaired) electrons. The number of nitrogens with one attached hydrogen (secondary N) is 1. The topological polar surface area (TPSA) is 73.2 Å². The van der Waals surface area contributed by atoms with E-state index in [-0.39, 0.29) is 17.4 Å². The minimum Gasteiger partial charge on any atom is -0.407 e. The number of ether oxygens (including phenoxy) is 1. The van der Waals surface area contributed by atoms with Gasteiger partial charge in [-0.15, -0.1) is 0 Å². The number of carbonyl (C=O) groups excluding carboxylic acids is 2. The fourth-order valence-corrected chi connectivity index (χ4v) is 4.48. The van der Waals surface area contributed by atoms with E-state index in [0.29, 0.717) is 38.8 Å². The minimum absolute atomic E-state index is 0.155. The number of nitrogens with zero attached hydrogens (tertiary/aromatic N) is 2. The molecule has 5 aromatic rings. The number of hydrogen-bond donors (Lipinski definition) is 1. The lowest BCUT2D eigenvalue weighted by molar-refractivity contribution is -0.132. The molecule has 0 atom stereocenters. The predicted octanol–water partition coefficient (Wildman–Crippen LogP) is 7.48. The van der Waals surface area contributed by atoms with E-state index in [9.17, 15) is 9.59 Å². The quantitative estimate of drug-likeness (QED) is 0.227. The monoisotopic (exact) mass is 539 g/mol. The number of para-hydroxylation sites is 1. The summed E-state index contributed by atoms with van der Waals surface area (Å²) in [6.45, 7) is 3.21. The first-order chi connectivity index (χ1) is 18.8. The summed E-state index contributed by atoms with van der Waals surface area (Å²) >= 11 is 6.16. The molecule has 39 heavy (non-hydrogen) atoms. The number of halogens is 2. The Bertz CT molecular complexity index is 1700. The number of hydrogen-bond acceptors (Lipinski definition) is 4. The van der Waals surface area contributed by atoms with Crippen molar-refractivity contribution < 1.29 is 18.7 Å². The highest BCUT2D eigenvalue weighted by atomic mass is 35.5. The Morgan fingerprint density at radius 2 is 1.56 bits per heavy atom. The van der Waals surface area contributed by atoms with Gasteiger partial charge in [-0.2, -0.15) is 9.78 Å². The fourth-order valence-electron chi connectivity index (χ4n) is 4.26. The van der Waals surface area contributed by atoms with Crippen molar-refractivity contribution in [1.82, 2.24) is 9.78 Å². The van der Waals surface area contributed by atoms with Gasteiger partial charge in [0.15, 0.2) is 0 Å². The van der Waals surface area contributed by atoms with Gasteiger partial charge in [0.1, 0.15) is 11.5 Å². The Kier molecular flexibility index (Phi) is 7.25. The molecule has 0 fully saturated rings. The summed E-state index contributed by atoms with van der Waals surface area (Å²) in [5.74, 6) is -1.21. The van der Waals surface area contributed by atoms with Crippen molar-refractivity contribution in [2.24, 2.45) is 0 Å². The lowest BCUT2D eigenvalue weighted by Crippen LogP contribution is -2.12. The summed E-state index contributed by atoms with van der Waals surface area (Å²) in [5, 5.41) is 7.91. The molecule has 0 bridgehead atoms. The molecule has 0 aliphatic rings. The zero-order chi connectivity index (χ0) is 27.5. The van der Waals surface area contributed by atoms with Gasteiger partial charge in [0.05, 0.1) is 21.8 Å².